The maximum atomic E-state index is 11.9. The highest BCUT2D eigenvalue weighted by Gasteiger charge is 2.47. The summed E-state index contributed by atoms with van der Waals surface area (Å²) in [5, 5.41) is 20.4. The molecule has 2 atom stereocenters. The Morgan fingerprint density at radius 2 is 2.20 bits per heavy atom. The van der Waals surface area contributed by atoms with Crippen LogP contribution in [0.5, 0.6) is 5.75 Å². The van der Waals surface area contributed by atoms with E-state index >= 15 is 0 Å². The van der Waals surface area contributed by atoms with Crippen LogP contribution in [0, 0.1) is 11.5 Å². The maximum Gasteiger partial charge on any atom is 0.208 e. The van der Waals surface area contributed by atoms with Gasteiger partial charge in [0.2, 0.25) is 6.19 Å². The minimum atomic E-state index is -3.40. The number of aliphatic imine (C=N–C) groups is 1. The fraction of sp³-hybridized carbons (Fsp3) is 0.500. The Morgan fingerprint density at radius 1 is 1.48 bits per heavy atom. The zero-order chi connectivity index (χ0) is 18.4. The molecule has 7 nitrogen and oxygen atoms in total. The molecule has 0 aliphatic carbocycles. The molecule has 2 aliphatic heterocycles. The summed E-state index contributed by atoms with van der Waals surface area (Å²) in [6, 6.07) is 4.13. The highest BCUT2D eigenvalue weighted by Crippen LogP contribution is 2.45. The number of amidine groups is 1. The van der Waals surface area contributed by atoms with Gasteiger partial charge in [-0.05, 0) is 32.0 Å². The Labute approximate surface area is 151 Å². The number of nitrogens with zero attached hydrogens (tertiary/aromatic N) is 3. The topological polar surface area (TPSA) is 103 Å². The van der Waals surface area contributed by atoms with Gasteiger partial charge in [0.25, 0.3) is 0 Å². The van der Waals surface area contributed by atoms with Gasteiger partial charge in [-0.15, -0.1) is 4.99 Å². The number of sulfone groups is 1. The third-order valence-corrected chi connectivity index (χ3v) is 6.48. The number of thioether (sulfide) groups is 1. The van der Waals surface area contributed by atoms with Gasteiger partial charge >= 0.3 is 0 Å². The summed E-state index contributed by atoms with van der Waals surface area (Å²) in [6.45, 7) is 4.16. The van der Waals surface area contributed by atoms with E-state index < -0.39 is 27.6 Å². The molecule has 2 aliphatic rings. The largest absolute Gasteiger partial charge is 0.485 e. The summed E-state index contributed by atoms with van der Waals surface area (Å²) in [4.78, 5) is 5.87. The van der Waals surface area contributed by atoms with Crippen molar-refractivity contribution in [2.24, 2.45) is 4.99 Å². The van der Waals surface area contributed by atoms with Crippen LogP contribution >= 0.6 is 11.8 Å². The van der Waals surface area contributed by atoms with E-state index in [1.807, 2.05) is 4.90 Å². The molecule has 2 heterocycles. The first-order chi connectivity index (χ1) is 11.6. The van der Waals surface area contributed by atoms with Gasteiger partial charge < -0.3 is 14.7 Å². The van der Waals surface area contributed by atoms with Crippen LogP contribution in [0.2, 0.25) is 0 Å². The number of aliphatic hydroxyl groups is 1. The molecule has 0 amide bonds. The Kier molecular flexibility index (Phi) is 4.47. The van der Waals surface area contributed by atoms with Gasteiger partial charge in [-0.3, -0.25) is 0 Å². The molecule has 1 N–H and O–H groups in total. The lowest BCUT2D eigenvalue weighted by Gasteiger charge is -2.45. The molecule has 3 rings (SSSR count). The zero-order valence-electron chi connectivity index (χ0n) is 14.1. The van der Waals surface area contributed by atoms with Crippen LogP contribution in [-0.4, -0.2) is 53.9 Å². The summed E-state index contributed by atoms with van der Waals surface area (Å²) < 4.78 is 29.8. The second-order valence-corrected chi connectivity index (χ2v) is 9.68. The summed E-state index contributed by atoms with van der Waals surface area (Å²) in [7, 11) is -3.40. The van der Waals surface area contributed by atoms with Crippen molar-refractivity contribution in [3.63, 3.8) is 0 Å². The molecule has 0 bridgehead atoms. The molecule has 25 heavy (non-hydrogen) atoms. The lowest BCUT2D eigenvalue weighted by Crippen LogP contribution is -2.53. The van der Waals surface area contributed by atoms with Crippen LogP contribution in [0.1, 0.15) is 25.5 Å². The monoisotopic (exact) mass is 381 g/mol. The van der Waals surface area contributed by atoms with E-state index in [1.54, 1.807) is 32.2 Å². The van der Waals surface area contributed by atoms with Gasteiger partial charge in [0, 0.05) is 24.1 Å². The molecule has 1 aromatic carbocycles. The number of nitriles is 1. The molecular formula is C16H19N3O4S2. The lowest BCUT2D eigenvalue weighted by molar-refractivity contribution is -0.0801. The summed E-state index contributed by atoms with van der Waals surface area (Å²) in [5.41, 5.74) is -0.280. The predicted octanol–water partition coefficient (Wildman–Crippen LogP) is 1.55. The molecule has 1 aromatic rings. The van der Waals surface area contributed by atoms with Crippen LogP contribution < -0.4 is 4.74 Å². The van der Waals surface area contributed by atoms with E-state index in [2.05, 4.69) is 4.99 Å². The van der Waals surface area contributed by atoms with E-state index in [0.29, 0.717) is 23.0 Å². The molecule has 1 saturated heterocycles. The van der Waals surface area contributed by atoms with E-state index in [9.17, 15) is 13.5 Å². The number of fused-ring (bicyclic) bond motifs is 1. The van der Waals surface area contributed by atoms with Crippen molar-refractivity contribution in [3.8, 4) is 11.9 Å². The van der Waals surface area contributed by atoms with E-state index in [0.717, 1.165) is 12.0 Å². The standard InChI is InChI=1S/C16H19N3O4S2/c1-16(2)14(20)13(19-6-7-24-15(19)18-9-17)11-8-10(25(3,21)22)4-5-12(11)23-16/h4-5,8,13-14,20H,6-7H2,1-3H3/t13-,14+/m1/s1. The smallest absolute Gasteiger partial charge is 0.208 e. The first-order valence-corrected chi connectivity index (χ1v) is 10.6. The quantitative estimate of drug-likeness (QED) is 0.775. The summed E-state index contributed by atoms with van der Waals surface area (Å²) >= 11 is 1.44. The minimum absolute atomic E-state index is 0.164. The van der Waals surface area contributed by atoms with Crippen LogP contribution in [0.15, 0.2) is 28.1 Å². The third kappa shape index (κ3) is 3.21. The SMILES string of the molecule is CC1(C)Oc2ccc(S(C)(=O)=O)cc2[C@@H](N2CCSC2=NC#N)[C@@H]1O. The second kappa shape index (κ2) is 6.20. The van der Waals surface area contributed by atoms with Crippen molar-refractivity contribution >= 4 is 26.8 Å². The Balaban J connectivity index is 2.17. The van der Waals surface area contributed by atoms with Gasteiger partial charge in [0.1, 0.15) is 17.5 Å². The highest BCUT2D eigenvalue weighted by molar-refractivity contribution is 8.14. The van der Waals surface area contributed by atoms with Crippen molar-refractivity contribution in [2.75, 3.05) is 18.6 Å². The third-order valence-electron chi connectivity index (χ3n) is 4.40. The fourth-order valence-corrected chi connectivity index (χ4v) is 4.73. The van der Waals surface area contributed by atoms with Crippen LogP contribution in [0.3, 0.4) is 0 Å². The maximum absolute atomic E-state index is 11.9. The molecule has 0 saturated carbocycles. The Hall–Kier alpha value is -1.76. The second-order valence-electron chi connectivity index (χ2n) is 6.60. The highest BCUT2D eigenvalue weighted by atomic mass is 32.2. The van der Waals surface area contributed by atoms with E-state index in [4.69, 9.17) is 10.00 Å². The number of hydrogen-bond donors (Lipinski definition) is 1. The van der Waals surface area contributed by atoms with Crippen molar-refractivity contribution < 1.29 is 18.3 Å². The van der Waals surface area contributed by atoms with Gasteiger partial charge in [-0.1, -0.05) is 11.8 Å². The molecule has 0 spiro atoms. The van der Waals surface area contributed by atoms with Crippen molar-refractivity contribution in [3.05, 3.63) is 23.8 Å². The van der Waals surface area contributed by atoms with E-state index in [-0.39, 0.29) is 4.90 Å². The first kappa shape index (κ1) is 18.0. The summed E-state index contributed by atoms with van der Waals surface area (Å²) in [6.07, 6.45) is 2.01. The number of rotatable bonds is 2. The molecular weight excluding hydrogens is 362 g/mol. The van der Waals surface area contributed by atoms with E-state index in [1.165, 1.54) is 17.8 Å². The molecule has 9 heteroatoms. The van der Waals surface area contributed by atoms with Gasteiger partial charge in [-0.25, -0.2) is 8.42 Å². The van der Waals surface area contributed by atoms with Gasteiger partial charge in [0.05, 0.1) is 10.9 Å². The van der Waals surface area contributed by atoms with Gasteiger partial charge in [-0.2, -0.15) is 5.26 Å². The number of aliphatic hydroxyl groups excluding tert-OH is 1. The molecule has 0 unspecified atom stereocenters. The lowest BCUT2D eigenvalue weighted by atomic mass is 9.85. The molecule has 134 valence electrons. The zero-order valence-corrected chi connectivity index (χ0v) is 15.8. The summed E-state index contributed by atoms with van der Waals surface area (Å²) in [5.74, 6) is 1.27. The van der Waals surface area contributed by atoms with Crippen molar-refractivity contribution in [2.45, 2.75) is 36.5 Å². The van der Waals surface area contributed by atoms with Gasteiger partial charge in [0.15, 0.2) is 15.0 Å². The number of ether oxygens (including phenoxy) is 1. The predicted molar refractivity (Wildman–Crippen MR) is 95.2 cm³/mol. The Bertz CT molecular complexity index is 874. The fourth-order valence-electron chi connectivity index (χ4n) is 3.12. The number of hydrogen-bond acceptors (Lipinski definition) is 7. The number of benzene rings is 1. The van der Waals surface area contributed by atoms with Crippen molar-refractivity contribution in [1.29, 1.82) is 5.26 Å². The van der Waals surface area contributed by atoms with Crippen LogP contribution in [-0.2, 0) is 9.84 Å². The Morgan fingerprint density at radius 3 is 2.84 bits per heavy atom. The van der Waals surface area contributed by atoms with Crippen LogP contribution in [0.4, 0.5) is 0 Å². The average Bonchev–Trinajstić information content (AvgIpc) is 2.95. The van der Waals surface area contributed by atoms with Crippen molar-refractivity contribution in [1.82, 2.24) is 4.90 Å². The minimum Gasteiger partial charge on any atom is -0.485 e. The molecule has 1 fully saturated rings. The normalized spacial score (nSPS) is 26.8. The first-order valence-electron chi connectivity index (χ1n) is 7.72. The molecule has 0 radical (unpaired) electrons. The average molecular weight is 381 g/mol. The van der Waals surface area contributed by atoms with Crippen LogP contribution in [0.25, 0.3) is 0 Å². The molecule has 0 aromatic heterocycles.